The van der Waals surface area contributed by atoms with Crippen molar-refractivity contribution in [2.45, 2.75) is 32.8 Å². The Bertz CT molecular complexity index is 738. The molecule has 0 atom stereocenters. The molecule has 3 rings (SSSR count). The SMILES string of the molecule is CCCN=C(NCCCOCc1ccco1)Nc1ccc2c(c1)OCCCO2.I. The summed E-state index contributed by atoms with van der Waals surface area (Å²) >= 11 is 0. The summed E-state index contributed by atoms with van der Waals surface area (Å²) < 4.78 is 22.3. The first kappa shape index (κ1) is 23.3. The van der Waals surface area contributed by atoms with Crippen LogP contribution in [0, 0.1) is 0 Å². The zero-order valence-electron chi connectivity index (χ0n) is 16.8. The lowest BCUT2D eigenvalue weighted by Crippen LogP contribution is -2.32. The highest BCUT2D eigenvalue weighted by atomic mass is 127. The van der Waals surface area contributed by atoms with Gasteiger partial charge >= 0.3 is 0 Å². The number of fused-ring (bicyclic) bond motifs is 1. The van der Waals surface area contributed by atoms with Crippen LogP contribution in [-0.2, 0) is 11.3 Å². The van der Waals surface area contributed by atoms with Crippen LogP contribution in [0.5, 0.6) is 11.5 Å². The van der Waals surface area contributed by atoms with Gasteiger partial charge < -0.3 is 29.3 Å². The molecule has 1 aromatic carbocycles. The lowest BCUT2D eigenvalue weighted by molar-refractivity contribution is 0.105. The Hall–Kier alpha value is -1.94. The van der Waals surface area contributed by atoms with Crippen LogP contribution in [0.25, 0.3) is 0 Å². The molecular formula is C21H30IN3O4. The zero-order chi connectivity index (χ0) is 19.4. The molecule has 8 heteroatoms. The Morgan fingerprint density at radius 2 is 2.03 bits per heavy atom. The predicted octanol–water partition coefficient (Wildman–Crippen LogP) is 4.43. The molecule has 0 unspecified atom stereocenters. The van der Waals surface area contributed by atoms with E-state index in [4.69, 9.17) is 18.6 Å². The molecule has 1 aliphatic rings. The van der Waals surface area contributed by atoms with Gasteiger partial charge in [0.1, 0.15) is 12.4 Å². The van der Waals surface area contributed by atoms with Crippen molar-refractivity contribution in [1.82, 2.24) is 5.32 Å². The third-order valence-electron chi connectivity index (χ3n) is 4.09. The van der Waals surface area contributed by atoms with E-state index in [1.807, 2.05) is 30.3 Å². The predicted molar refractivity (Wildman–Crippen MR) is 125 cm³/mol. The summed E-state index contributed by atoms with van der Waals surface area (Å²) in [5, 5.41) is 6.70. The van der Waals surface area contributed by atoms with Crippen molar-refractivity contribution in [3.8, 4) is 11.5 Å². The smallest absolute Gasteiger partial charge is 0.195 e. The Morgan fingerprint density at radius 1 is 1.17 bits per heavy atom. The fourth-order valence-corrected chi connectivity index (χ4v) is 2.69. The molecule has 160 valence electrons. The van der Waals surface area contributed by atoms with Gasteiger partial charge in [-0.3, -0.25) is 4.99 Å². The highest BCUT2D eigenvalue weighted by Gasteiger charge is 2.11. The number of aliphatic imine (C=N–C) groups is 1. The van der Waals surface area contributed by atoms with Gasteiger partial charge in [0.25, 0.3) is 0 Å². The molecule has 0 fully saturated rings. The molecule has 0 bridgehead atoms. The first-order valence-corrected chi connectivity index (χ1v) is 9.90. The number of furan rings is 1. The van der Waals surface area contributed by atoms with Crippen molar-refractivity contribution in [1.29, 1.82) is 0 Å². The number of guanidine groups is 1. The second-order valence-electron chi connectivity index (χ2n) is 6.48. The Morgan fingerprint density at radius 3 is 2.83 bits per heavy atom. The third kappa shape index (κ3) is 8.14. The Kier molecular flexibility index (Phi) is 10.7. The number of nitrogens with one attached hydrogen (secondary N) is 2. The number of ether oxygens (including phenoxy) is 3. The fourth-order valence-electron chi connectivity index (χ4n) is 2.69. The molecule has 0 spiro atoms. The van der Waals surface area contributed by atoms with E-state index in [1.165, 1.54) is 0 Å². The number of nitrogens with zero attached hydrogens (tertiary/aromatic N) is 1. The van der Waals surface area contributed by atoms with E-state index in [-0.39, 0.29) is 24.0 Å². The van der Waals surface area contributed by atoms with Crippen LogP contribution < -0.4 is 20.1 Å². The van der Waals surface area contributed by atoms with Crippen molar-refractivity contribution in [3.63, 3.8) is 0 Å². The maximum Gasteiger partial charge on any atom is 0.195 e. The van der Waals surface area contributed by atoms with Crippen molar-refractivity contribution in [2.24, 2.45) is 4.99 Å². The molecule has 0 saturated carbocycles. The minimum absolute atomic E-state index is 0. The first-order chi connectivity index (χ1) is 13.8. The summed E-state index contributed by atoms with van der Waals surface area (Å²) in [6.45, 7) is 6.14. The first-order valence-electron chi connectivity index (χ1n) is 9.90. The highest BCUT2D eigenvalue weighted by Crippen LogP contribution is 2.32. The Balaban J connectivity index is 0.00000300. The molecule has 2 heterocycles. The molecule has 29 heavy (non-hydrogen) atoms. The van der Waals surface area contributed by atoms with Crippen molar-refractivity contribution < 1.29 is 18.6 Å². The van der Waals surface area contributed by atoms with E-state index in [9.17, 15) is 0 Å². The monoisotopic (exact) mass is 515 g/mol. The largest absolute Gasteiger partial charge is 0.490 e. The van der Waals surface area contributed by atoms with Gasteiger partial charge in [-0.05, 0) is 37.1 Å². The summed E-state index contributed by atoms with van der Waals surface area (Å²) in [6.07, 6.45) is 4.40. The van der Waals surface area contributed by atoms with Gasteiger partial charge in [0.2, 0.25) is 0 Å². The molecule has 2 N–H and O–H groups in total. The van der Waals surface area contributed by atoms with Crippen LogP contribution >= 0.6 is 24.0 Å². The van der Waals surface area contributed by atoms with Crippen LogP contribution in [0.2, 0.25) is 0 Å². The van der Waals surface area contributed by atoms with Gasteiger partial charge in [-0.15, -0.1) is 24.0 Å². The number of anilines is 1. The van der Waals surface area contributed by atoms with Crippen molar-refractivity contribution >= 4 is 35.6 Å². The van der Waals surface area contributed by atoms with Gasteiger partial charge in [0.05, 0.1) is 19.5 Å². The minimum atomic E-state index is 0. The second-order valence-corrected chi connectivity index (χ2v) is 6.48. The fraction of sp³-hybridized carbons (Fsp3) is 0.476. The number of rotatable bonds is 9. The summed E-state index contributed by atoms with van der Waals surface area (Å²) in [6, 6.07) is 9.64. The topological polar surface area (TPSA) is 77.3 Å². The summed E-state index contributed by atoms with van der Waals surface area (Å²) in [5.41, 5.74) is 0.917. The van der Waals surface area contributed by atoms with E-state index >= 15 is 0 Å². The summed E-state index contributed by atoms with van der Waals surface area (Å²) in [4.78, 5) is 4.59. The van der Waals surface area contributed by atoms with Gasteiger partial charge in [-0.25, -0.2) is 0 Å². The Labute approximate surface area is 189 Å². The molecule has 0 saturated heterocycles. The number of benzene rings is 1. The summed E-state index contributed by atoms with van der Waals surface area (Å²) in [5.74, 6) is 3.15. The minimum Gasteiger partial charge on any atom is -0.490 e. The highest BCUT2D eigenvalue weighted by molar-refractivity contribution is 14.0. The van der Waals surface area contributed by atoms with E-state index in [1.54, 1.807) is 6.26 Å². The van der Waals surface area contributed by atoms with Gasteiger partial charge in [0, 0.05) is 37.9 Å². The average Bonchev–Trinajstić information content (AvgIpc) is 3.12. The van der Waals surface area contributed by atoms with E-state index in [2.05, 4.69) is 22.5 Å². The third-order valence-corrected chi connectivity index (χ3v) is 4.09. The van der Waals surface area contributed by atoms with Gasteiger partial charge in [-0.2, -0.15) is 0 Å². The van der Waals surface area contributed by atoms with E-state index < -0.39 is 0 Å². The van der Waals surface area contributed by atoms with Gasteiger partial charge in [0.15, 0.2) is 17.5 Å². The molecule has 7 nitrogen and oxygen atoms in total. The van der Waals surface area contributed by atoms with Gasteiger partial charge in [-0.1, -0.05) is 6.92 Å². The molecule has 1 aliphatic heterocycles. The second kappa shape index (κ2) is 13.3. The lowest BCUT2D eigenvalue weighted by atomic mass is 10.2. The molecule has 1 aromatic heterocycles. The van der Waals surface area contributed by atoms with E-state index in [0.29, 0.717) is 26.4 Å². The van der Waals surface area contributed by atoms with E-state index in [0.717, 1.165) is 61.3 Å². The molecular weight excluding hydrogens is 485 g/mol. The number of hydrogen-bond donors (Lipinski definition) is 2. The van der Waals surface area contributed by atoms with Crippen LogP contribution in [0.1, 0.15) is 31.9 Å². The standard InChI is InChI=1S/C21H29N3O4.HI/c1-2-9-22-21(23-10-4-11-25-16-18-6-3-12-26-18)24-17-7-8-19-20(15-17)28-14-5-13-27-19;/h3,6-8,12,15H,2,4-5,9-11,13-14,16H2,1H3,(H2,22,23,24);1H. The average molecular weight is 515 g/mol. The van der Waals surface area contributed by atoms with Crippen LogP contribution in [0.4, 0.5) is 5.69 Å². The maximum absolute atomic E-state index is 5.76. The number of hydrogen-bond acceptors (Lipinski definition) is 5. The molecule has 0 aliphatic carbocycles. The van der Waals surface area contributed by atoms with Crippen LogP contribution in [-0.4, -0.2) is 38.9 Å². The van der Waals surface area contributed by atoms with Crippen LogP contribution in [0.3, 0.4) is 0 Å². The van der Waals surface area contributed by atoms with Crippen molar-refractivity contribution in [2.75, 3.05) is 38.2 Å². The maximum atomic E-state index is 5.76. The molecule has 0 radical (unpaired) electrons. The summed E-state index contributed by atoms with van der Waals surface area (Å²) in [7, 11) is 0. The van der Waals surface area contributed by atoms with Crippen molar-refractivity contribution in [3.05, 3.63) is 42.4 Å². The normalized spacial score (nSPS) is 13.3. The molecule has 0 amide bonds. The lowest BCUT2D eigenvalue weighted by Gasteiger charge is -2.14. The molecule has 2 aromatic rings. The zero-order valence-corrected chi connectivity index (χ0v) is 19.1. The number of halogens is 1. The quantitative estimate of drug-likeness (QED) is 0.223. The van der Waals surface area contributed by atoms with Crippen LogP contribution in [0.15, 0.2) is 46.0 Å².